The van der Waals surface area contributed by atoms with Crippen molar-refractivity contribution in [3.63, 3.8) is 0 Å². The van der Waals surface area contributed by atoms with E-state index >= 15 is 0 Å². The van der Waals surface area contributed by atoms with Gasteiger partial charge in [0.15, 0.2) is 12.4 Å². The summed E-state index contributed by atoms with van der Waals surface area (Å²) in [4.78, 5) is 22.1. The second-order valence-corrected chi connectivity index (χ2v) is 9.37. The molecule has 0 aliphatic rings. The number of hydrogen-bond acceptors (Lipinski definition) is 7. The molecule has 0 radical (unpaired) electrons. The first-order valence-corrected chi connectivity index (χ1v) is 12.3. The summed E-state index contributed by atoms with van der Waals surface area (Å²) in [5.74, 6) is -0.512. The summed E-state index contributed by atoms with van der Waals surface area (Å²) >= 11 is 6.29. The fourth-order valence-electron chi connectivity index (χ4n) is 4.34. The first-order valence-electron chi connectivity index (χ1n) is 11.9. The lowest BCUT2D eigenvalue weighted by Gasteiger charge is -2.08. The van der Waals surface area contributed by atoms with Crippen LogP contribution in [0.3, 0.4) is 0 Å². The molecule has 0 unspecified atom stereocenters. The number of nitrogens with zero attached hydrogens (tertiary/aromatic N) is 6. The summed E-state index contributed by atoms with van der Waals surface area (Å²) in [5, 5.41) is 9.76. The maximum Gasteiger partial charge on any atom is 0.422 e. The van der Waals surface area contributed by atoms with Crippen LogP contribution in [0.4, 0.5) is 13.2 Å². The number of aryl methyl sites for hydroxylation is 1. The molecule has 0 N–H and O–H groups in total. The van der Waals surface area contributed by atoms with E-state index in [2.05, 4.69) is 20.2 Å². The summed E-state index contributed by atoms with van der Waals surface area (Å²) in [5.41, 5.74) is 1.74. The number of hydrogen-bond donors (Lipinski definition) is 0. The van der Waals surface area contributed by atoms with Crippen LogP contribution in [0, 0.1) is 6.92 Å². The number of halogens is 4. The van der Waals surface area contributed by atoms with Gasteiger partial charge in [0.2, 0.25) is 11.8 Å². The summed E-state index contributed by atoms with van der Waals surface area (Å²) in [6.45, 7) is 0.714. The summed E-state index contributed by atoms with van der Waals surface area (Å²) in [6, 6.07) is 15.9. The van der Waals surface area contributed by atoms with Crippen molar-refractivity contribution in [2.24, 2.45) is 0 Å². The van der Waals surface area contributed by atoms with E-state index in [9.17, 15) is 18.0 Å². The predicted molar refractivity (Wildman–Crippen MR) is 141 cm³/mol. The van der Waals surface area contributed by atoms with Crippen molar-refractivity contribution < 1.29 is 22.3 Å². The van der Waals surface area contributed by atoms with Gasteiger partial charge in [-0.25, -0.2) is 19.4 Å². The fraction of sp³-hybridized carbons (Fsp3) is 0.148. The molecule has 4 aromatic heterocycles. The molecule has 4 heterocycles. The second-order valence-electron chi connectivity index (χ2n) is 8.97. The van der Waals surface area contributed by atoms with E-state index in [-0.39, 0.29) is 33.7 Å². The number of benzene rings is 2. The zero-order valence-electron chi connectivity index (χ0n) is 20.7. The van der Waals surface area contributed by atoms with E-state index in [4.69, 9.17) is 20.8 Å². The van der Waals surface area contributed by atoms with Crippen LogP contribution < -0.4 is 10.4 Å². The smallest absolute Gasteiger partial charge is 0.422 e. The van der Waals surface area contributed by atoms with Gasteiger partial charge in [-0.1, -0.05) is 41.9 Å². The lowest BCUT2D eigenvalue weighted by atomic mass is 10.1. The van der Waals surface area contributed by atoms with Crippen molar-refractivity contribution >= 4 is 33.4 Å². The lowest BCUT2D eigenvalue weighted by molar-refractivity contribution is -0.154. The number of aromatic nitrogens is 6. The largest absolute Gasteiger partial charge is 0.467 e. The predicted octanol–water partition coefficient (Wildman–Crippen LogP) is 5.74. The van der Waals surface area contributed by atoms with Crippen molar-refractivity contribution in [1.82, 2.24) is 29.5 Å². The molecular formula is C27H18ClF3N6O3. The third-order valence-corrected chi connectivity index (χ3v) is 6.33. The SMILES string of the molecule is Cc1cc2cn(Cc3ccccc3)nc2c2c(=O)oc(-c3cc(OCC(F)(F)F)nn3-c3ncccc3Cl)nc12. The van der Waals surface area contributed by atoms with Gasteiger partial charge in [0.25, 0.3) is 0 Å². The molecule has 0 fully saturated rings. The van der Waals surface area contributed by atoms with Gasteiger partial charge in [-0.3, -0.25) is 4.68 Å². The van der Waals surface area contributed by atoms with Gasteiger partial charge >= 0.3 is 11.8 Å². The third-order valence-electron chi connectivity index (χ3n) is 6.03. The van der Waals surface area contributed by atoms with E-state index in [0.29, 0.717) is 23.1 Å². The van der Waals surface area contributed by atoms with Crippen molar-refractivity contribution in [3.8, 4) is 23.3 Å². The number of pyridine rings is 1. The van der Waals surface area contributed by atoms with Crippen LogP contribution in [0.15, 0.2) is 76.2 Å². The Balaban J connectivity index is 1.49. The second kappa shape index (κ2) is 9.79. The zero-order chi connectivity index (χ0) is 28.0. The molecule has 6 aromatic rings. The van der Waals surface area contributed by atoms with Crippen molar-refractivity contribution in [2.75, 3.05) is 6.61 Å². The van der Waals surface area contributed by atoms with E-state index in [1.54, 1.807) is 17.7 Å². The van der Waals surface area contributed by atoms with E-state index < -0.39 is 18.4 Å². The summed E-state index contributed by atoms with van der Waals surface area (Å²) < 4.78 is 51.7. The van der Waals surface area contributed by atoms with Crippen LogP contribution >= 0.6 is 11.6 Å². The number of fused-ring (bicyclic) bond motifs is 3. The van der Waals surface area contributed by atoms with Crippen LogP contribution in [0.2, 0.25) is 5.02 Å². The fourth-order valence-corrected chi connectivity index (χ4v) is 4.54. The molecule has 9 nitrogen and oxygen atoms in total. The monoisotopic (exact) mass is 566 g/mol. The molecule has 0 saturated carbocycles. The number of alkyl halides is 3. The Morgan fingerprint density at radius 2 is 1.85 bits per heavy atom. The van der Waals surface area contributed by atoms with Crippen LogP contribution in [-0.4, -0.2) is 42.3 Å². The Hall–Kier alpha value is -4.71. The van der Waals surface area contributed by atoms with Gasteiger partial charge in [0, 0.05) is 23.8 Å². The molecule has 2 aromatic carbocycles. The highest BCUT2D eigenvalue weighted by Crippen LogP contribution is 2.31. The van der Waals surface area contributed by atoms with Gasteiger partial charge in [-0.2, -0.15) is 18.3 Å². The molecule has 6 rings (SSSR count). The van der Waals surface area contributed by atoms with Crippen molar-refractivity contribution in [2.45, 2.75) is 19.6 Å². The van der Waals surface area contributed by atoms with Crippen molar-refractivity contribution in [3.05, 3.63) is 93.6 Å². The van der Waals surface area contributed by atoms with Gasteiger partial charge in [-0.05, 0) is 36.2 Å². The Kier molecular flexibility index (Phi) is 6.26. The average Bonchev–Trinajstić information content (AvgIpc) is 3.52. The molecule has 0 bridgehead atoms. The topological polar surface area (TPSA) is 101 Å². The first-order chi connectivity index (χ1) is 19.2. The maximum atomic E-state index is 13.4. The van der Waals surface area contributed by atoms with Gasteiger partial charge in [-0.15, -0.1) is 5.10 Å². The molecule has 0 atom stereocenters. The van der Waals surface area contributed by atoms with E-state index in [1.165, 1.54) is 18.3 Å². The Labute approximate surface area is 228 Å². The standard InChI is InChI=1S/C27H18ClF3N6O3/c1-15-10-17-13-36(12-16-6-3-2-4-7-16)35-23(17)21-22(15)33-25(40-26(21)38)19-11-20(39-14-27(29,30)31)34-37(19)24-18(28)8-5-9-32-24/h2-11,13H,12,14H2,1H3. The molecular weight excluding hydrogens is 549 g/mol. The highest BCUT2D eigenvalue weighted by molar-refractivity contribution is 6.32. The lowest BCUT2D eigenvalue weighted by Crippen LogP contribution is -2.19. The molecule has 202 valence electrons. The van der Waals surface area contributed by atoms with Gasteiger partial charge in [0.1, 0.15) is 16.6 Å². The third kappa shape index (κ3) is 4.89. The van der Waals surface area contributed by atoms with E-state index in [1.807, 2.05) is 42.6 Å². The summed E-state index contributed by atoms with van der Waals surface area (Å²) in [7, 11) is 0. The maximum absolute atomic E-state index is 13.4. The van der Waals surface area contributed by atoms with Crippen LogP contribution in [0.1, 0.15) is 11.1 Å². The minimum absolute atomic E-state index is 0.0193. The number of rotatable bonds is 6. The molecule has 0 aliphatic heterocycles. The molecule has 0 saturated heterocycles. The van der Waals surface area contributed by atoms with Gasteiger partial charge in [0.05, 0.1) is 17.1 Å². The Morgan fingerprint density at radius 3 is 2.60 bits per heavy atom. The van der Waals surface area contributed by atoms with Crippen molar-refractivity contribution in [1.29, 1.82) is 0 Å². The molecule has 13 heteroatoms. The summed E-state index contributed by atoms with van der Waals surface area (Å²) in [6.07, 6.45) is -1.32. The van der Waals surface area contributed by atoms with Gasteiger partial charge < -0.3 is 9.15 Å². The zero-order valence-corrected chi connectivity index (χ0v) is 21.4. The minimum Gasteiger partial charge on any atom is -0.467 e. The Morgan fingerprint density at radius 1 is 1.05 bits per heavy atom. The van der Waals surface area contributed by atoms with E-state index in [0.717, 1.165) is 15.6 Å². The highest BCUT2D eigenvalue weighted by Gasteiger charge is 2.30. The Bertz CT molecular complexity index is 1930. The molecule has 0 spiro atoms. The average molecular weight is 567 g/mol. The highest BCUT2D eigenvalue weighted by atomic mass is 35.5. The number of ether oxygens (including phenoxy) is 1. The molecule has 40 heavy (non-hydrogen) atoms. The van der Waals surface area contributed by atoms with Crippen LogP contribution in [0.5, 0.6) is 5.88 Å². The molecule has 0 aliphatic carbocycles. The normalized spacial score (nSPS) is 11.9. The first kappa shape index (κ1) is 25.6. The quantitative estimate of drug-likeness (QED) is 0.253. The van der Waals surface area contributed by atoms with Crippen LogP contribution in [-0.2, 0) is 6.54 Å². The van der Waals surface area contributed by atoms with Crippen LogP contribution in [0.25, 0.3) is 39.2 Å². The molecule has 0 amide bonds. The minimum atomic E-state index is -4.59.